The predicted octanol–water partition coefficient (Wildman–Crippen LogP) is 2.83. The fourth-order valence-electron chi connectivity index (χ4n) is 2.63. The summed E-state index contributed by atoms with van der Waals surface area (Å²) >= 11 is 0. The van der Waals surface area contributed by atoms with Gasteiger partial charge in [0.05, 0.1) is 0 Å². The Bertz CT molecular complexity index is 566. The molecule has 5 heteroatoms. The number of carbonyl (C=O) groups is 2. The number of hydrogen-bond acceptors (Lipinski definition) is 4. The van der Waals surface area contributed by atoms with E-state index in [4.69, 9.17) is 9.47 Å². The van der Waals surface area contributed by atoms with E-state index in [1.807, 2.05) is 18.2 Å². The lowest BCUT2D eigenvalue weighted by Crippen LogP contribution is -2.36. The van der Waals surface area contributed by atoms with E-state index in [2.05, 4.69) is 31.3 Å². The first-order chi connectivity index (χ1) is 11.9. The molecule has 0 radical (unpaired) electrons. The molecule has 2 rings (SSSR count). The monoisotopic (exact) mass is 347 g/mol. The zero-order valence-corrected chi connectivity index (χ0v) is 15.4. The van der Waals surface area contributed by atoms with Gasteiger partial charge < -0.3 is 14.8 Å². The van der Waals surface area contributed by atoms with Crippen molar-refractivity contribution in [2.75, 3.05) is 19.8 Å². The summed E-state index contributed by atoms with van der Waals surface area (Å²) in [5.41, 5.74) is 1.30. The fourth-order valence-corrected chi connectivity index (χ4v) is 2.63. The minimum atomic E-state index is -0.648. The van der Waals surface area contributed by atoms with Crippen LogP contribution in [0, 0.1) is 5.92 Å². The van der Waals surface area contributed by atoms with Gasteiger partial charge in [0.1, 0.15) is 0 Å². The summed E-state index contributed by atoms with van der Waals surface area (Å²) in [7, 11) is 0. The molecule has 1 atom stereocenters. The van der Waals surface area contributed by atoms with Crippen LogP contribution in [0.2, 0.25) is 0 Å². The second kappa shape index (κ2) is 8.99. The van der Waals surface area contributed by atoms with Crippen LogP contribution >= 0.6 is 0 Å². The molecule has 138 valence electrons. The zero-order valence-electron chi connectivity index (χ0n) is 15.4. The molecule has 0 aliphatic heterocycles. The van der Waals surface area contributed by atoms with Crippen molar-refractivity contribution in [2.45, 2.75) is 51.6 Å². The highest BCUT2D eigenvalue weighted by Gasteiger charge is 2.44. The maximum absolute atomic E-state index is 12.0. The van der Waals surface area contributed by atoms with Crippen molar-refractivity contribution in [1.29, 1.82) is 0 Å². The number of amides is 1. The smallest absolute Gasteiger partial charge is 0.335 e. The first-order valence-corrected chi connectivity index (χ1v) is 9.03. The van der Waals surface area contributed by atoms with Crippen molar-refractivity contribution in [2.24, 2.45) is 5.92 Å². The second-order valence-electron chi connectivity index (χ2n) is 7.23. The van der Waals surface area contributed by atoms with Gasteiger partial charge in [-0.1, -0.05) is 44.2 Å². The molecule has 0 saturated heterocycles. The minimum absolute atomic E-state index is 0.0498. The molecule has 0 heterocycles. The third kappa shape index (κ3) is 6.16. The van der Waals surface area contributed by atoms with Gasteiger partial charge in [-0.2, -0.15) is 0 Å². The van der Waals surface area contributed by atoms with Gasteiger partial charge in [0.15, 0.2) is 12.7 Å². The van der Waals surface area contributed by atoms with Crippen LogP contribution in [-0.2, 0) is 24.5 Å². The molecule has 0 spiro atoms. The van der Waals surface area contributed by atoms with Gasteiger partial charge in [0, 0.05) is 18.6 Å². The Morgan fingerprint density at radius 2 is 1.84 bits per heavy atom. The van der Waals surface area contributed by atoms with Crippen LogP contribution in [0.5, 0.6) is 0 Å². The van der Waals surface area contributed by atoms with E-state index in [0.717, 1.165) is 19.3 Å². The number of carbonyl (C=O) groups excluding carboxylic acids is 2. The molecule has 1 aliphatic rings. The quantitative estimate of drug-likeness (QED) is 0.661. The molecule has 0 bridgehead atoms. The summed E-state index contributed by atoms with van der Waals surface area (Å²) in [6.07, 6.45) is 2.38. The van der Waals surface area contributed by atoms with Gasteiger partial charge >= 0.3 is 5.97 Å². The Morgan fingerprint density at radius 3 is 2.44 bits per heavy atom. The topological polar surface area (TPSA) is 64.6 Å². The molecule has 1 N–H and O–H groups in total. The van der Waals surface area contributed by atoms with E-state index in [9.17, 15) is 9.59 Å². The van der Waals surface area contributed by atoms with Crippen LogP contribution in [0.25, 0.3) is 0 Å². The highest BCUT2D eigenvalue weighted by Crippen LogP contribution is 2.47. The van der Waals surface area contributed by atoms with E-state index in [0.29, 0.717) is 19.1 Å². The van der Waals surface area contributed by atoms with Crippen LogP contribution in [0.3, 0.4) is 0 Å². The standard InChI is InChI=1S/C20H29NO4/c1-15(2)9-12-24-16(3)19(23)25-13-18(22)21-14-20(10-11-20)17-7-5-4-6-8-17/h4-8,15-16H,9-14H2,1-3H3,(H,21,22). The molecule has 1 aliphatic carbocycles. The summed E-state index contributed by atoms with van der Waals surface area (Å²) in [5, 5.41) is 2.88. The number of rotatable bonds is 10. The van der Waals surface area contributed by atoms with Crippen LogP contribution in [0.1, 0.15) is 45.6 Å². The van der Waals surface area contributed by atoms with Crippen LogP contribution in [-0.4, -0.2) is 37.7 Å². The van der Waals surface area contributed by atoms with Crippen LogP contribution in [0.15, 0.2) is 30.3 Å². The van der Waals surface area contributed by atoms with Gasteiger partial charge in [0.2, 0.25) is 0 Å². The van der Waals surface area contributed by atoms with Crippen LogP contribution in [0.4, 0.5) is 0 Å². The van der Waals surface area contributed by atoms with Crippen molar-refractivity contribution in [1.82, 2.24) is 5.32 Å². The molecule has 25 heavy (non-hydrogen) atoms. The SMILES string of the molecule is CC(C)CCOC(C)C(=O)OCC(=O)NCC1(c2ccccc2)CC1. The highest BCUT2D eigenvalue weighted by atomic mass is 16.6. The molecule has 1 aromatic rings. The van der Waals surface area contributed by atoms with E-state index in [1.54, 1.807) is 6.92 Å². The summed E-state index contributed by atoms with van der Waals surface area (Å²) < 4.78 is 10.5. The van der Waals surface area contributed by atoms with Gasteiger partial charge in [-0.15, -0.1) is 0 Å². The summed E-state index contributed by atoms with van der Waals surface area (Å²) in [5.74, 6) is -0.249. The van der Waals surface area contributed by atoms with E-state index >= 15 is 0 Å². The number of nitrogens with one attached hydrogen (secondary N) is 1. The first-order valence-electron chi connectivity index (χ1n) is 9.03. The second-order valence-corrected chi connectivity index (χ2v) is 7.23. The zero-order chi connectivity index (χ0) is 18.3. The molecular weight excluding hydrogens is 318 g/mol. The molecule has 1 amide bonds. The largest absolute Gasteiger partial charge is 0.454 e. The average molecular weight is 347 g/mol. The summed E-state index contributed by atoms with van der Waals surface area (Å²) in [6, 6.07) is 10.2. The van der Waals surface area contributed by atoms with Crippen molar-refractivity contribution < 1.29 is 19.1 Å². The molecule has 1 aromatic carbocycles. The Morgan fingerprint density at radius 1 is 1.16 bits per heavy atom. The van der Waals surface area contributed by atoms with Crippen LogP contribution < -0.4 is 5.32 Å². The molecule has 1 saturated carbocycles. The average Bonchev–Trinajstić information content (AvgIpc) is 3.39. The van der Waals surface area contributed by atoms with Crippen molar-refractivity contribution in [3.05, 3.63) is 35.9 Å². The maximum atomic E-state index is 12.0. The lowest BCUT2D eigenvalue weighted by molar-refractivity contribution is -0.159. The van der Waals surface area contributed by atoms with Gasteiger partial charge in [-0.25, -0.2) is 4.79 Å². The van der Waals surface area contributed by atoms with Gasteiger partial charge in [-0.3, -0.25) is 4.79 Å². The molecule has 1 unspecified atom stereocenters. The van der Waals surface area contributed by atoms with E-state index in [1.165, 1.54) is 5.56 Å². The molecular formula is C20H29NO4. The Kier molecular flexibility index (Phi) is 7.00. The number of hydrogen-bond donors (Lipinski definition) is 1. The Hall–Kier alpha value is -1.88. The molecule has 5 nitrogen and oxygen atoms in total. The lowest BCUT2D eigenvalue weighted by Gasteiger charge is -2.17. The lowest BCUT2D eigenvalue weighted by atomic mass is 9.96. The van der Waals surface area contributed by atoms with Crippen molar-refractivity contribution in [3.63, 3.8) is 0 Å². The van der Waals surface area contributed by atoms with Crippen molar-refractivity contribution >= 4 is 11.9 Å². The van der Waals surface area contributed by atoms with Crippen molar-refractivity contribution in [3.8, 4) is 0 Å². The summed E-state index contributed by atoms with van der Waals surface area (Å²) in [4.78, 5) is 23.8. The molecule has 0 aromatic heterocycles. The normalized spacial score (nSPS) is 16.3. The summed E-state index contributed by atoms with van der Waals surface area (Å²) in [6.45, 7) is 6.67. The predicted molar refractivity (Wildman–Crippen MR) is 96.2 cm³/mol. The van der Waals surface area contributed by atoms with Gasteiger partial charge in [-0.05, 0) is 37.7 Å². The number of esters is 1. The minimum Gasteiger partial charge on any atom is -0.454 e. The van der Waals surface area contributed by atoms with E-state index < -0.39 is 12.1 Å². The number of benzene rings is 1. The third-order valence-corrected chi connectivity index (χ3v) is 4.60. The Balaban J connectivity index is 1.66. The van der Waals surface area contributed by atoms with E-state index in [-0.39, 0.29) is 17.9 Å². The maximum Gasteiger partial charge on any atom is 0.335 e. The first kappa shape index (κ1) is 19.4. The third-order valence-electron chi connectivity index (χ3n) is 4.60. The number of ether oxygens (including phenoxy) is 2. The highest BCUT2D eigenvalue weighted by molar-refractivity contribution is 5.81. The fraction of sp³-hybridized carbons (Fsp3) is 0.600. The van der Waals surface area contributed by atoms with Gasteiger partial charge in [0.25, 0.3) is 5.91 Å². The Labute approximate surface area is 150 Å². The molecule has 1 fully saturated rings.